The van der Waals surface area contributed by atoms with Crippen LogP contribution in [-0.4, -0.2) is 17.4 Å². The highest BCUT2D eigenvalue weighted by atomic mass is 35.5. The Hall–Kier alpha value is -2.04. The second kappa shape index (κ2) is 7.99. The van der Waals surface area contributed by atoms with Crippen molar-refractivity contribution in [1.82, 2.24) is 0 Å². The lowest BCUT2D eigenvalue weighted by atomic mass is 10.0. The quantitative estimate of drug-likeness (QED) is 0.201. The van der Waals surface area contributed by atoms with Gasteiger partial charge in [-0.15, -0.1) is 6.58 Å². The zero-order valence-corrected chi connectivity index (χ0v) is 14.3. The molecule has 3 nitrogen and oxygen atoms in total. The molecule has 2 rings (SSSR count). The second-order valence-electron chi connectivity index (χ2n) is 5.04. The Kier molecular flexibility index (Phi) is 6.02. The van der Waals surface area contributed by atoms with E-state index in [1.807, 2.05) is 31.5 Å². The lowest BCUT2D eigenvalue weighted by Gasteiger charge is -2.19. The Morgan fingerprint density at radius 1 is 1.39 bits per heavy atom. The van der Waals surface area contributed by atoms with E-state index in [0.717, 1.165) is 5.56 Å². The predicted octanol–water partition coefficient (Wildman–Crippen LogP) is 3.49. The molecule has 0 saturated carbocycles. The highest BCUT2D eigenvalue weighted by Gasteiger charge is 2.29. The van der Waals surface area contributed by atoms with Gasteiger partial charge in [-0.3, -0.25) is 4.79 Å². The fraction of sp³-hybridized carbons (Fsp3) is 0.167. The van der Waals surface area contributed by atoms with Crippen LogP contribution in [0.5, 0.6) is 0 Å². The first-order valence-electron chi connectivity index (χ1n) is 7.13. The molecule has 118 valence electrons. The van der Waals surface area contributed by atoms with E-state index in [-0.39, 0.29) is 5.78 Å². The Labute approximate surface area is 146 Å². The number of aryl methyl sites for hydroxylation is 1. The molecule has 2 aromatic rings. The smallest absolute Gasteiger partial charge is 0.237 e. The minimum absolute atomic E-state index is 0.177. The minimum Gasteiger partial charge on any atom is -0.758 e. The van der Waals surface area contributed by atoms with Crippen molar-refractivity contribution in [3.8, 4) is 0 Å². The fourth-order valence-corrected chi connectivity index (χ4v) is 2.73. The van der Waals surface area contributed by atoms with Crippen LogP contribution in [0.1, 0.15) is 22.0 Å². The summed E-state index contributed by atoms with van der Waals surface area (Å²) in [5, 5.41) is 0.715. The molecular weight excluding hydrogens is 328 g/mol. The number of carbonyl (C=O) groups is 1. The summed E-state index contributed by atoms with van der Waals surface area (Å²) in [5.41, 5.74) is 1.46. The number of Topliss-reactive ketones (excluding diaryl/α,β-unsaturated/α-hetero) is 1. The predicted molar refractivity (Wildman–Crippen MR) is 96.1 cm³/mol. The monoisotopic (exact) mass is 344 g/mol. The molecule has 0 N–H and O–H groups in total. The van der Waals surface area contributed by atoms with Crippen LogP contribution in [0, 0.1) is 6.92 Å². The van der Waals surface area contributed by atoms with Gasteiger partial charge in [0, 0.05) is 17.2 Å². The topological polar surface area (TPSA) is 33.3 Å². The number of nitrogens with zero attached hydrogens (tertiary/aromatic N) is 2. The van der Waals surface area contributed by atoms with Crippen LogP contribution in [0.4, 0.5) is 0 Å². The molecule has 23 heavy (non-hydrogen) atoms. The van der Waals surface area contributed by atoms with Crippen molar-refractivity contribution in [1.29, 1.82) is 0 Å². The minimum atomic E-state index is -0.704. The molecule has 1 aromatic carbocycles. The largest absolute Gasteiger partial charge is 0.758 e. The second-order valence-corrected chi connectivity index (χ2v) is 5.87. The van der Waals surface area contributed by atoms with E-state index in [4.69, 9.17) is 24.2 Å². The van der Waals surface area contributed by atoms with Crippen LogP contribution in [0.15, 0.2) is 66.4 Å². The summed E-state index contributed by atoms with van der Waals surface area (Å²) in [4.78, 5) is 17.3. The van der Waals surface area contributed by atoms with E-state index in [2.05, 4.69) is 11.6 Å². The average Bonchev–Trinajstić information content (AvgIpc) is 2.53. The molecule has 0 saturated heterocycles. The molecule has 0 aliphatic carbocycles. The zero-order valence-electron chi connectivity index (χ0n) is 12.8. The SMILES string of the molecule is C=CCN=C([S-])[C@@H](C(=O)c1ccccc1Cl)[n+]1cccc(C)c1. The molecule has 1 aromatic heterocycles. The van der Waals surface area contributed by atoms with Crippen molar-refractivity contribution in [3.05, 3.63) is 77.6 Å². The van der Waals surface area contributed by atoms with Crippen LogP contribution in [0.3, 0.4) is 0 Å². The fourth-order valence-electron chi connectivity index (χ4n) is 2.20. The molecule has 0 radical (unpaired) electrons. The van der Waals surface area contributed by atoms with Crippen molar-refractivity contribution >= 4 is 35.1 Å². The van der Waals surface area contributed by atoms with Crippen LogP contribution in [-0.2, 0) is 12.6 Å². The van der Waals surface area contributed by atoms with Gasteiger partial charge in [-0.05, 0) is 30.2 Å². The number of hydrogen-bond acceptors (Lipinski definition) is 3. The van der Waals surface area contributed by atoms with Crippen LogP contribution in [0.25, 0.3) is 0 Å². The number of rotatable bonds is 6. The summed E-state index contributed by atoms with van der Waals surface area (Å²) in [5.74, 6) is -0.177. The van der Waals surface area contributed by atoms with Gasteiger partial charge in [0.05, 0.1) is 11.6 Å². The normalized spacial score (nSPS) is 12.7. The van der Waals surface area contributed by atoms with Gasteiger partial charge < -0.3 is 17.6 Å². The Morgan fingerprint density at radius 2 is 2.13 bits per heavy atom. The summed E-state index contributed by atoms with van der Waals surface area (Å²) < 4.78 is 1.77. The maximum absolute atomic E-state index is 13.0. The maximum Gasteiger partial charge on any atom is 0.237 e. The number of aromatic nitrogens is 1. The van der Waals surface area contributed by atoms with E-state index in [0.29, 0.717) is 22.2 Å². The maximum atomic E-state index is 13.0. The summed E-state index contributed by atoms with van der Waals surface area (Å²) >= 11 is 11.6. The van der Waals surface area contributed by atoms with Crippen LogP contribution >= 0.6 is 11.6 Å². The third-order valence-corrected chi connectivity index (χ3v) is 3.95. The molecular formula is C18H17ClN2OS. The van der Waals surface area contributed by atoms with Crippen molar-refractivity contribution in [2.24, 2.45) is 4.99 Å². The van der Waals surface area contributed by atoms with Crippen molar-refractivity contribution in [2.75, 3.05) is 6.54 Å². The third-order valence-electron chi connectivity index (χ3n) is 3.27. The number of pyridine rings is 1. The van der Waals surface area contributed by atoms with Crippen molar-refractivity contribution in [2.45, 2.75) is 13.0 Å². The van der Waals surface area contributed by atoms with E-state index >= 15 is 0 Å². The molecule has 1 heterocycles. The average molecular weight is 345 g/mol. The van der Waals surface area contributed by atoms with Gasteiger partial charge in [0.1, 0.15) is 0 Å². The molecule has 0 fully saturated rings. The van der Waals surface area contributed by atoms with Gasteiger partial charge in [-0.1, -0.05) is 29.8 Å². The molecule has 0 aliphatic rings. The number of benzene rings is 1. The van der Waals surface area contributed by atoms with E-state index in [1.54, 1.807) is 34.9 Å². The summed E-state index contributed by atoms with van der Waals surface area (Å²) in [7, 11) is 0. The van der Waals surface area contributed by atoms with E-state index in [1.165, 1.54) is 0 Å². The molecule has 0 bridgehead atoms. The number of carbonyl (C=O) groups excluding carboxylic acids is 1. The Bertz CT molecular complexity index is 758. The van der Waals surface area contributed by atoms with Gasteiger partial charge in [0.15, 0.2) is 12.4 Å². The van der Waals surface area contributed by atoms with Gasteiger partial charge in [0.2, 0.25) is 11.8 Å². The third kappa shape index (κ3) is 4.24. The lowest BCUT2D eigenvalue weighted by Crippen LogP contribution is -2.48. The number of halogens is 1. The first kappa shape index (κ1) is 17.3. The van der Waals surface area contributed by atoms with Gasteiger partial charge in [-0.25, -0.2) is 0 Å². The first-order chi connectivity index (χ1) is 11.0. The number of hydrogen-bond donors (Lipinski definition) is 0. The molecule has 1 atom stereocenters. The lowest BCUT2D eigenvalue weighted by molar-refractivity contribution is -0.692. The van der Waals surface area contributed by atoms with Crippen molar-refractivity contribution in [3.63, 3.8) is 0 Å². The van der Waals surface area contributed by atoms with E-state index < -0.39 is 6.04 Å². The highest BCUT2D eigenvalue weighted by Crippen LogP contribution is 2.20. The van der Waals surface area contributed by atoms with Gasteiger partial charge in [0.25, 0.3) is 0 Å². The molecule has 5 heteroatoms. The van der Waals surface area contributed by atoms with Gasteiger partial charge >= 0.3 is 0 Å². The Balaban J connectivity index is 2.51. The molecule has 0 amide bonds. The Morgan fingerprint density at radius 3 is 2.78 bits per heavy atom. The van der Waals surface area contributed by atoms with Crippen molar-refractivity contribution < 1.29 is 9.36 Å². The standard InChI is InChI=1S/C18H17ClN2OS/c1-3-10-20-18(23)16(21-11-6-7-13(2)12-21)17(22)14-8-4-5-9-15(14)19/h3-9,11-12,16H,1,10H2,2H3/t16-/m1/s1. The van der Waals surface area contributed by atoms with Crippen LogP contribution in [0.2, 0.25) is 5.02 Å². The first-order valence-corrected chi connectivity index (χ1v) is 7.91. The zero-order chi connectivity index (χ0) is 16.8. The molecule has 0 aliphatic heterocycles. The summed E-state index contributed by atoms with van der Waals surface area (Å²) in [6.45, 7) is 5.96. The van der Waals surface area contributed by atoms with Gasteiger partial charge in [-0.2, -0.15) is 4.57 Å². The molecule has 0 spiro atoms. The van der Waals surface area contributed by atoms with E-state index in [9.17, 15) is 4.79 Å². The number of aliphatic imine (C=N–C) groups is 1. The summed E-state index contributed by atoms with van der Waals surface area (Å²) in [6.07, 6.45) is 5.32. The summed E-state index contributed by atoms with van der Waals surface area (Å²) in [6, 6.07) is 10.1. The van der Waals surface area contributed by atoms with Crippen LogP contribution < -0.4 is 4.57 Å². The highest BCUT2D eigenvalue weighted by molar-refractivity contribution is 7.77. The molecule has 0 unspecified atom stereocenters. The number of ketones is 1.